The van der Waals surface area contributed by atoms with E-state index in [2.05, 4.69) is 23.7 Å². The summed E-state index contributed by atoms with van der Waals surface area (Å²) in [6.45, 7) is 10.7. The van der Waals surface area contributed by atoms with Gasteiger partial charge in [-0.3, -0.25) is 4.98 Å². The van der Waals surface area contributed by atoms with E-state index in [1.54, 1.807) is 0 Å². The van der Waals surface area contributed by atoms with Crippen LogP contribution >= 0.6 is 0 Å². The van der Waals surface area contributed by atoms with Crippen molar-refractivity contribution in [3.63, 3.8) is 0 Å². The molecule has 0 unspecified atom stereocenters. The van der Waals surface area contributed by atoms with Crippen LogP contribution in [0.15, 0.2) is 12.3 Å². The summed E-state index contributed by atoms with van der Waals surface area (Å²) in [4.78, 5) is 6.96. The number of piperidine rings is 1. The summed E-state index contributed by atoms with van der Waals surface area (Å²) in [5.41, 5.74) is 11.7. The number of rotatable bonds is 2. The van der Waals surface area contributed by atoms with E-state index < -0.39 is 0 Å². The number of aryl methyl sites for hydroxylation is 2. The normalized spacial score (nSPS) is 20.7. The Labute approximate surface area is 116 Å². The Morgan fingerprint density at radius 1 is 1.47 bits per heavy atom. The van der Waals surface area contributed by atoms with Gasteiger partial charge in [0, 0.05) is 36.2 Å². The first-order valence-corrected chi connectivity index (χ1v) is 7.18. The average molecular weight is 259 g/mol. The van der Waals surface area contributed by atoms with Gasteiger partial charge in [-0.15, -0.1) is 0 Å². The summed E-state index contributed by atoms with van der Waals surface area (Å²) in [5.74, 6) is 0.751. The number of hydrogen-bond acceptors (Lipinski definition) is 3. The van der Waals surface area contributed by atoms with Gasteiger partial charge in [-0.25, -0.2) is 0 Å². The van der Waals surface area contributed by atoms with Crippen LogP contribution in [-0.4, -0.2) is 18.1 Å². The molecule has 104 valence electrons. The van der Waals surface area contributed by atoms with Crippen LogP contribution < -0.4 is 10.6 Å². The average Bonchev–Trinajstić information content (AvgIpc) is 2.40. The van der Waals surface area contributed by atoms with Gasteiger partial charge in [0.2, 0.25) is 0 Å². The molecule has 2 N–H and O–H groups in total. The molecule has 1 aromatic heterocycles. The van der Waals surface area contributed by atoms with Gasteiger partial charge in [-0.2, -0.15) is 0 Å². The minimum atomic E-state index is 0.751. The Kier molecular flexibility index (Phi) is 4.13. The molecule has 0 radical (unpaired) electrons. The maximum atomic E-state index is 6.20. The van der Waals surface area contributed by atoms with Crippen LogP contribution in [0.4, 0.5) is 5.69 Å². The SMILES string of the molecule is C/C=C(/N)c1c(C)ncc(C)c1N1CCC[C@@H](C)C1. The van der Waals surface area contributed by atoms with E-state index in [1.807, 2.05) is 26.1 Å². The van der Waals surface area contributed by atoms with Crippen molar-refractivity contribution in [3.8, 4) is 0 Å². The molecule has 1 aromatic rings. The van der Waals surface area contributed by atoms with Gasteiger partial charge >= 0.3 is 0 Å². The van der Waals surface area contributed by atoms with Crippen molar-refractivity contribution in [2.75, 3.05) is 18.0 Å². The molecule has 0 aliphatic carbocycles. The predicted molar refractivity (Wildman–Crippen MR) is 82.2 cm³/mol. The van der Waals surface area contributed by atoms with Crippen molar-refractivity contribution in [2.24, 2.45) is 11.7 Å². The summed E-state index contributed by atoms with van der Waals surface area (Å²) in [7, 11) is 0. The third-order valence-corrected chi connectivity index (χ3v) is 4.00. The summed E-state index contributed by atoms with van der Waals surface area (Å²) in [5, 5.41) is 0. The topological polar surface area (TPSA) is 42.1 Å². The highest BCUT2D eigenvalue weighted by Gasteiger charge is 2.22. The van der Waals surface area contributed by atoms with Crippen molar-refractivity contribution in [2.45, 2.75) is 40.5 Å². The van der Waals surface area contributed by atoms with Crippen molar-refractivity contribution in [3.05, 3.63) is 29.1 Å². The fraction of sp³-hybridized carbons (Fsp3) is 0.562. The fourth-order valence-electron chi connectivity index (χ4n) is 2.98. The van der Waals surface area contributed by atoms with Gasteiger partial charge < -0.3 is 10.6 Å². The Morgan fingerprint density at radius 3 is 2.84 bits per heavy atom. The third-order valence-electron chi connectivity index (χ3n) is 4.00. The van der Waals surface area contributed by atoms with Crippen LogP contribution in [0.3, 0.4) is 0 Å². The first kappa shape index (κ1) is 13.9. The molecule has 3 heteroatoms. The van der Waals surface area contributed by atoms with Gasteiger partial charge in [-0.1, -0.05) is 13.0 Å². The van der Waals surface area contributed by atoms with Gasteiger partial charge in [0.1, 0.15) is 0 Å². The van der Waals surface area contributed by atoms with Gasteiger partial charge in [0.25, 0.3) is 0 Å². The zero-order valence-corrected chi connectivity index (χ0v) is 12.5. The molecular formula is C16H25N3. The molecule has 19 heavy (non-hydrogen) atoms. The highest BCUT2D eigenvalue weighted by atomic mass is 15.1. The smallest absolute Gasteiger partial charge is 0.0524 e. The van der Waals surface area contributed by atoms with E-state index >= 15 is 0 Å². The monoisotopic (exact) mass is 259 g/mol. The Balaban J connectivity index is 2.51. The lowest BCUT2D eigenvalue weighted by atomic mass is 9.96. The second kappa shape index (κ2) is 5.64. The van der Waals surface area contributed by atoms with E-state index in [9.17, 15) is 0 Å². The number of allylic oxidation sites excluding steroid dienone is 1. The maximum absolute atomic E-state index is 6.20. The van der Waals surface area contributed by atoms with E-state index in [-0.39, 0.29) is 0 Å². The highest BCUT2D eigenvalue weighted by Crippen LogP contribution is 2.33. The van der Waals surface area contributed by atoms with Crippen molar-refractivity contribution >= 4 is 11.4 Å². The standard InChI is InChI=1S/C16H25N3/c1-5-14(17)15-13(4)18-9-12(3)16(15)19-8-6-7-11(2)10-19/h5,9,11H,6-8,10,17H2,1-4H3/b14-5+/t11-/m1/s1. The van der Waals surface area contributed by atoms with Crippen LogP contribution in [0, 0.1) is 19.8 Å². The molecule has 1 aliphatic rings. The number of anilines is 1. The molecule has 0 spiro atoms. The van der Waals surface area contributed by atoms with Crippen molar-refractivity contribution in [1.82, 2.24) is 4.98 Å². The van der Waals surface area contributed by atoms with Crippen LogP contribution in [0.5, 0.6) is 0 Å². The van der Waals surface area contributed by atoms with E-state index in [1.165, 1.54) is 24.1 Å². The molecule has 1 atom stereocenters. The van der Waals surface area contributed by atoms with Crippen molar-refractivity contribution in [1.29, 1.82) is 0 Å². The van der Waals surface area contributed by atoms with Crippen molar-refractivity contribution < 1.29 is 0 Å². The molecule has 0 aromatic carbocycles. The number of nitrogens with zero attached hydrogens (tertiary/aromatic N) is 2. The van der Waals surface area contributed by atoms with E-state index in [0.29, 0.717) is 0 Å². The Bertz CT molecular complexity index is 491. The summed E-state index contributed by atoms with van der Waals surface area (Å²) < 4.78 is 0. The molecule has 2 rings (SSSR count). The molecule has 1 aliphatic heterocycles. The van der Waals surface area contributed by atoms with Crippen LogP contribution in [0.1, 0.15) is 43.5 Å². The summed E-state index contributed by atoms with van der Waals surface area (Å²) in [6.07, 6.45) is 6.53. The lowest BCUT2D eigenvalue weighted by Gasteiger charge is -2.35. The molecule has 0 amide bonds. The second-order valence-corrected chi connectivity index (χ2v) is 5.69. The largest absolute Gasteiger partial charge is 0.398 e. The van der Waals surface area contributed by atoms with Crippen LogP contribution in [0.2, 0.25) is 0 Å². The Morgan fingerprint density at radius 2 is 2.21 bits per heavy atom. The number of pyridine rings is 1. The number of nitrogens with two attached hydrogens (primary N) is 1. The number of hydrogen-bond donors (Lipinski definition) is 1. The lowest BCUT2D eigenvalue weighted by molar-refractivity contribution is 0.446. The van der Waals surface area contributed by atoms with Gasteiger partial charge in [0.15, 0.2) is 0 Å². The molecule has 0 bridgehead atoms. The van der Waals surface area contributed by atoms with E-state index in [0.717, 1.165) is 36.0 Å². The first-order valence-electron chi connectivity index (χ1n) is 7.18. The van der Waals surface area contributed by atoms with Gasteiger partial charge in [0.05, 0.1) is 5.69 Å². The molecule has 2 heterocycles. The Hall–Kier alpha value is -1.51. The van der Waals surface area contributed by atoms with E-state index in [4.69, 9.17) is 5.73 Å². The lowest BCUT2D eigenvalue weighted by Crippen LogP contribution is -2.35. The van der Waals surface area contributed by atoms with Crippen LogP contribution in [-0.2, 0) is 0 Å². The number of aromatic nitrogens is 1. The third kappa shape index (κ3) is 2.75. The summed E-state index contributed by atoms with van der Waals surface area (Å²) >= 11 is 0. The molecule has 0 saturated carbocycles. The zero-order valence-electron chi connectivity index (χ0n) is 12.5. The molecular weight excluding hydrogens is 234 g/mol. The first-order chi connectivity index (χ1) is 9.04. The van der Waals surface area contributed by atoms with Gasteiger partial charge in [-0.05, 0) is 45.1 Å². The van der Waals surface area contributed by atoms with Crippen LogP contribution in [0.25, 0.3) is 5.70 Å². The fourth-order valence-corrected chi connectivity index (χ4v) is 2.98. The minimum absolute atomic E-state index is 0.751. The highest BCUT2D eigenvalue weighted by molar-refractivity contribution is 5.78. The summed E-state index contributed by atoms with van der Waals surface area (Å²) in [6, 6.07) is 0. The molecule has 3 nitrogen and oxygen atoms in total. The predicted octanol–water partition coefficient (Wildman–Crippen LogP) is 3.25. The zero-order chi connectivity index (χ0) is 14.0. The maximum Gasteiger partial charge on any atom is 0.0524 e. The molecule has 1 fully saturated rings. The second-order valence-electron chi connectivity index (χ2n) is 5.69. The molecule has 1 saturated heterocycles. The quantitative estimate of drug-likeness (QED) is 0.886. The minimum Gasteiger partial charge on any atom is -0.398 e.